The van der Waals surface area contributed by atoms with Crippen LogP contribution in [-0.2, 0) is 4.79 Å². The Morgan fingerprint density at radius 2 is 1.94 bits per heavy atom. The van der Waals surface area contributed by atoms with Gasteiger partial charge in [-0.3, -0.25) is 9.69 Å². The predicted octanol–water partition coefficient (Wildman–Crippen LogP) is 2.91. The van der Waals surface area contributed by atoms with Gasteiger partial charge in [-0.2, -0.15) is 0 Å². The molecule has 0 aromatic rings. The molecule has 3 unspecified atom stereocenters. The molecule has 4 aliphatic heterocycles. The van der Waals surface area contributed by atoms with E-state index in [9.17, 15) is 4.79 Å². The number of ketones is 1. The minimum atomic E-state index is 0.233. The lowest BCUT2D eigenvalue weighted by molar-refractivity contribution is -0.195. The standard InChI is InChI=1S/C15H23NO/c1-14-6-3-8-15-7-2-4-11(16(14)15)10-13(17)12(14)5-9-15/h11-12H,2-10H2,1H3/t11?,12?,14-,15?/m0/s1. The van der Waals surface area contributed by atoms with Gasteiger partial charge < -0.3 is 0 Å². The van der Waals surface area contributed by atoms with Crippen LogP contribution < -0.4 is 0 Å². The lowest BCUT2D eigenvalue weighted by atomic mass is 9.55. The van der Waals surface area contributed by atoms with Gasteiger partial charge in [0.05, 0.1) is 0 Å². The van der Waals surface area contributed by atoms with E-state index in [-0.39, 0.29) is 5.54 Å². The number of carbonyl (C=O) groups excluding carboxylic acids is 1. The first kappa shape index (κ1) is 10.5. The van der Waals surface area contributed by atoms with Crippen molar-refractivity contribution in [2.45, 2.75) is 81.8 Å². The molecule has 0 aromatic carbocycles. The van der Waals surface area contributed by atoms with Crippen LogP contribution in [0.15, 0.2) is 0 Å². The van der Waals surface area contributed by atoms with Crippen LogP contribution in [0.4, 0.5) is 0 Å². The third-order valence-corrected chi connectivity index (χ3v) is 6.41. The van der Waals surface area contributed by atoms with E-state index >= 15 is 0 Å². The van der Waals surface area contributed by atoms with Crippen molar-refractivity contribution < 1.29 is 4.79 Å². The molecule has 94 valence electrons. The van der Waals surface area contributed by atoms with Crippen molar-refractivity contribution in [3.63, 3.8) is 0 Å². The van der Waals surface area contributed by atoms with E-state index in [2.05, 4.69) is 11.8 Å². The topological polar surface area (TPSA) is 20.3 Å². The Labute approximate surface area is 104 Å². The smallest absolute Gasteiger partial charge is 0.139 e. The van der Waals surface area contributed by atoms with Crippen molar-refractivity contribution in [2.24, 2.45) is 5.92 Å². The summed E-state index contributed by atoms with van der Waals surface area (Å²) in [6.07, 6.45) is 11.4. The molecule has 0 amide bonds. The van der Waals surface area contributed by atoms with Gasteiger partial charge in [-0.05, 0) is 51.9 Å². The molecule has 4 saturated heterocycles. The number of Topliss-reactive ketones (excluding diaryl/α,β-unsaturated/α-hetero) is 1. The summed E-state index contributed by atoms with van der Waals surface area (Å²) in [4.78, 5) is 15.2. The molecule has 0 spiro atoms. The highest BCUT2D eigenvalue weighted by atomic mass is 16.1. The highest BCUT2D eigenvalue weighted by Gasteiger charge is 2.62. The van der Waals surface area contributed by atoms with Crippen LogP contribution >= 0.6 is 0 Å². The second-order valence-electron chi connectivity index (χ2n) is 7.11. The molecule has 4 atom stereocenters. The lowest BCUT2D eigenvalue weighted by Gasteiger charge is -2.69. The highest BCUT2D eigenvalue weighted by Crippen LogP contribution is 2.58. The summed E-state index contributed by atoms with van der Waals surface area (Å²) in [6, 6.07) is 0.595. The summed E-state index contributed by atoms with van der Waals surface area (Å²) in [5, 5.41) is 0. The number of nitrogens with zero attached hydrogens (tertiary/aromatic N) is 1. The van der Waals surface area contributed by atoms with E-state index in [0.717, 1.165) is 6.42 Å². The van der Waals surface area contributed by atoms with Crippen LogP contribution in [0.5, 0.6) is 0 Å². The maximum absolute atomic E-state index is 12.4. The molecule has 0 radical (unpaired) electrons. The summed E-state index contributed by atoms with van der Waals surface area (Å²) < 4.78 is 0. The minimum Gasteiger partial charge on any atom is -0.299 e. The summed E-state index contributed by atoms with van der Waals surface area (Å²) in [7, 11) is 0. The first-order valence-electron chi connectivity index (χ1n) is 7.48. The third kappa shape index (κ3) is 1.13. The fourth-order valence-corrected chi connectivity index (χ4v) is 5.92. The first-order chi connectivity index (χ1) is 8.16. The van der Waals surface area contributed by atoms with Crippen LogP contribution in [0.1, 0.15) is 64.7 Å². The van der Waals surface area contributed by atoms with Crippen molar-refractivity contribution in [1.82, 2.24) is 4.90 Å². The van der Waals surface area contributed by atoms with Crippen LogP contribution in [0.25, 0.3) is 0 Å². The molecule has 4 rings (SSSR count). The maximum atomic E-state index is 12.4. The molecule has 0 aromatic heterocycles. The van der Waals surface area contributed by atoms with Gasteiger partial charge in [0.2, 0.25) is 0 Å². The predicted molar refractivity (Wildman–Crippen MR) is 66.8 cm³/mol. The van der Waals surface area contributed by atoms with E-state index in [1.54, 1.807) is 0 Å². The molecule has 4 aliphatic rings. The van der Waals surface area contributed by atoms with Gasteiger partial charge in [0.25, 0.3) is 0 Å². The van der Waals surface area contributed by atoms with Gasteiger partial charge >= 0.3 is 0 Å². The van der Waals surface area contributed by atoms with Gasteiger partial charge in [0.1, 0.15) is 5.78 Å². The number of hydrogen-bond donors (Lipinski definition) is 0. The Morgan fingerprint density at radius 1 is 1.12 bits per heavy atom. The Morgan fingerprint density at radius 3 is 2.82 bits per heavy atom. The molecule has 4 fully saturated rings. The Hall–Kier alpha value is -0.370. The number of hydrogen-bond acceptors (Lipinski definition) is 2. The number of carbonyl (C=O) groups is 1. The Bertz CT molecular complexity index is 375. The molecule has 4 bridgehead atoms. The van der Waals surface area contributed by atoms with Gasteiger partial charge in [-0.15, -0.1) is 0 Å². The van der Waals surface area contributed by atoms with Crippen LogP contribution in [0.3, 0.4) is 0 Å². The summed E-state index contributed by atoms with van der Waals surface area (Å²) in [6.45, 7) is 2.40. The van der Waals surface area contributed by atoms with Crippen molar-refractivity contribution >= 4 is 5.78 Å². The van der Waals surface area contributed by atoms with Gasteiger partial charge in [0, 0.05) is 29.5 Å². The van der Waals surface area contributed by atoms with Crippen LogP contribution in [-0.4, -0.2) is 27.8 Å². The summed E-state index contributed by atoms with van der Waals surface area (Å²) in [5.74, 6) is 0.955. The molecular formula is C15H23NO. The zero-order valence-electron chi connectivity index (χ0n) is 10.9. The fourth-order valence-electron chi connectivity index (χ4n) is 5.92. The quantitative estimate of drug-likeness (QED) is 0.641. The largest absolute Gasteiger partial charge is 0.299 e. The number of piperidine rings is 4. The number of rotatable bonds is 0. The zero-order valence-corrected chi connectivity index (χ0v) is 10.9. The molecule has 17 heavy (non-hydrogen) atoms. The Kier molecular flexibility index (Phi) is 1.95. The molecule has 2 nitrogen and oxygen atoms in total. The molecular weight excluding hydrogens is 210 g/mol. The van der Waals surface area contributed by atoms with E-state index in [1.165, 1.54) is 51.4 Å². The van der Waals surface area contributed by atoms with Gasteiger partial charge in [-0.25, -0.2) is 0 Å². The maximum Gasteiger partial charge on any atom is 0.139 e. The van der Waals surface area contributed by atoms with Crippen molar-refractivity contribution in [2.75, 3.05) is 0 Å². The van der Waals surface area contributed by atoms with Crippen LogP contribution in [0.2, 0.25) is 0 Å². The molecule has 0 aliphatic carbocycles. The lowest BCUT2D eigenvalue weighted by Crippen LogP contribution is -2.76. The van der Waals surface area contributed by atoms with Crippen molar-refractivity contribution in [1.29, 1.82) is 0 Å². The van der Waals surface area contributed by atoms with Crippen LogP contribution in [0, 0.1) is 5.92 Å². The fraction of sp³-hybridized carbons (Fsp3) is 0.933. The second-order valence-corrected chi connectivity index (χ2v) is 7.11. The van der Waals surface area contributed by atoms with Crippen molar-refractivity contribution in [3.8, 4) is 0 Å². The van der Waals surface area contributed by atoms with E-state index < -0.39 is 0 Å². The van der Waals surface area contributed by atoms with Crippen molar-refractivity contribution in [3.05, 3.63) is 0 Å². The Balaban J connectivity index is 1.86. The van der Waals surface area contributed by atoms with E-state index in [1.807, 2.05) is 0 Å². The molecule has 4 heterocycles. The monoisotopic (exact) mass is 233 g/mol. The highest BCUT2D eigenvalue weighted by molar-refractivity contribution is 5.84. The average Bonchev–Trinajstić information content (AvgIpc) is 2.26. The SMILES string of the molecule is C[C@]12CCCC34CCCC(CC(=O)C1CC3)N42. The normalized spacial score (nSPS) is 53.6. The average molecular weight is 233 g/mol. The first-order valence-corrected chi connectivity index (χ1v) is 7.48. The van der Waals surface area contributed by atoms with Gasteiger partial charge in [-0.1, -0.05) is 6.42 Å². The molecule has 2 heteroatoms. The zero-order chi connectivity index (χ0) is 11.7. The summed E-state index contributed by atoms with van der Waals surface area (Å²) >= 11 is 0. The minimum absolute atomic E-state index is 0.233. The second kappa shape index (κ2) is 3.14. The third-order valence-electron chi connectivity index (χ3n) is 6.41. The summed E-state index contributed by atoms with van der Waals surface area (Å²) in [5.41, 5.74) is 0.740. The van der Waals surface area contributed by atoms with E-state index in [0.29, 0.717) is 23.3 Å². The molecule has 0 N–H and O–H groups in total. The van der Waals surface area contributed by atoms with E-state index in [4.69, 9.17) is 0 Å². The molecule has 0 saturated carbocycles. The van der Waals surface area contributed by atoms with Gasteiger partial charge in [0.15, 0.2) is 0 Å².